The number of aromatic nitrogens is 4. The van der Waals surface area contributed by atoms with Crippen molar-refractivity contribution in [1.82, 2.24) is 25.5 Å². The third-order valence-electron chi connectivity index (χ3n) is 2.06. The molecule has 66 valence electrons. The summed E-state index contributed by atoms with van der Waals surface area (Å²) in [5, 5.41) is 17.6. The molecule has 2 heterocycles. The van der Waals surface area contributed by atoms with Gasteiger partial charge in [0.2, 0.25) is 5.95 Å². The number of hydrogen-bond donors (Lipinski definition) is 2. The molecule has 1 aliphatic heterocycles. The molecule has 1 saturated heterocycles. The summed E-state index contributed by atoms with van der Waals surface area (Å²) >= 11 is 0. The molecule has 6 nitrogen and oxygen atoms in total. The average molecular weight is 168 g/mol. The van der Waals surface area contributed by atoms with E-state index in [1.807, 2.05) is 7.05 Å². The lowest BCUT2D eigenvalue weighted by Crippen LogP contribution is -2.62. The monoisotopic (exact) mass is 168 g/mol. The molecule has 1 fully saturated rings. The molecule has 1 aromatic rings. The van der Waals surface area contributed by atoms with E-state index in [4.69, 9.17) is 0 Å². The average Bonchev–Trinajstić information content (AvgIpc) is 2.34. The first-order valence-corrected chi connectivity index (χ1v) is 3.91. The number of rotatable bonds is 2. The van der Waals surface area contributed by atoms with Crippen molar-refractivity contribution < 1.29 is 0 Å². The molecule has 6 heteroatoms. The van der Waals surface area contributed by atoms with Crippen LogP contribution in [0.2, 0.25) is 0 Å². The lowest BCUT2D eigenvalue weighted by molar-refractivity contribution is 0.335. The lowest BCUT2D eigenvalue weighted by Gasteiger charge is -2.39. The first kappa shape index (κ1) is 7.48. The minimum Gasteiger partial charge on any atom is -0.345 e. The zero-order valence-electron chi connectivity index (χ0n) is 7.20. The van der Waals surface area contributed by atoms with Crippen LogP contribution in [0.25, 0.3) is 0 Å². The Kier molecular flexibility index (Phi) is 1.50. The molecule has 12 heavy (non-hydrogen) atoms. The van der Waals surface area contributed by atoms with E-state index in [2.05, 4.69) is 33.1 Å². The second-order valence-electron chi connectivity index (χ2n) is 3.42. The zero-order valence-corrected chi connectivity index (χ0v) is 7.20. The third kappa shape index (κ3) is 1.14. The molecule has 0 radical (unpaired) electrons. The molecule has 0 aromatic carbocycles. The van der Waals surface area contributed by atoms with Crippen molar-refractivity contribution in [3.8, 4) is 0 Å². The molecular formula is C6H12N6. The van der Waals surface area contributed by atoms with Gasteiger partial charge in [-0.05, 0) is 17.4 Å². The molecule has 0 spiro atoms. The fourth-order valence-corrected chi connectivity index (χ4v) is 1.19. The van der Waals surface area contributed by atoms with Gasteiger partial charge in [-0.2, -0.15) is 0 Å². The molecule has 1 aromatic heterocycles. The van der Waals surface area contributed by atoms with Gasteiger partial charge in [-0.3, -0.25) is 0 Å². The largest absolute Gasteiger partial charge is 0.345 e. The maximum atomic E-state index is 3.85. The second-order valence-corrected chi connectivity index (χ2v) is 3.42. The normalized spacial score (nSPS) is 20.2. The minimum absolute atomic E-state index is 0.114. The number of aryl methyl sites for hydroxylation is 1. The fourth-order valence-electron chi connectivity index (χ4n) is 1.19. The van der Waals surface area contributed by atoms with Gasteiger partial charge in [-0.25, -0.2) is 4.68 Å². The van der Waals surface area contributed by atoms with Gasteiger partial charge in [0.15, 0.2) is 0 Å². The van der Waals surface area contributed by atoms with Crippen molar-refractivity contribution in [1.29, 1.82) is 0 Å². The highest BCUT2D eigenvalue weighted by Crippen LogP contribution is 2.15. The Labute approximate surface area is 70.3 Å². The highest BCUT2D eigenvalue weighted by atomic mass is 15.6. The fraction of sp³-hybridized carbons (Fsp3) is 0.833. The highest BCUT2D eigenvalue weighted by Gasteiger charge is 2.32. The van der Waals surface area contributed by atoms with Gasteiger partial charge < -0.3 is 10.6 Å². The molecule has 0 aliphatic carbocycles. The molecule has 0 amide bonds. The number of nitrogens with one attached hydrogen (secondary N) is 2. The second kappa shape index (κ2) is 2.41. The summed E-state index contributed by atoms with van der Waals surface area (Å²) in [4.78, 5) is 0. The van der Waals surface area contributed by atoms with E-state index in [-0.39, 0.29) is 5.54 Å². The molecule has 2 N–H and O–H groups in total. The Hall–Kier alpha value is -1.17. The van der Waals surface area contributed by atoms with Crippen LogP contribution < -0.4 is 10.6 Å². The highest BCUT2D eigenvalue weighted by molar-refractivity contribution is 5.29. The van der Waals surface area contributed by atoms with Crippen LogP contribution in [-0.4, -0.2) is 38.8 Å². The van der Waals surface area contributed by atoms with Crippen LogP contribution in [0.5, 0.6) is 0 Å². The maximum absolute atomic E-state index is 3.85. The van der Waals surface area contributed by atoms with Gasteiger partial charge in [0, 0.05) is 20.1 Å². The van der Waals surface area contributed by atoms with Crippen molar-refractivity contribution >= 4 is 5.95 Å². The van der Waals surface area contributed by atoms with E-state index < -0.39 is 0 Å². The number of nitrogens with zero attached hydrogens (tertiary/aromatic N) is 4. The van der Waals surface area contributed by atoms with E-state index in [0.717, 1.165) is 19.0 Å². The molecule has 0 atom stereocenters. The predicted octanol–water partition coefficient (Wildman–Crippen LogP) is -1.02. The number of tetrazole rings is 1. The van der Waals surface area contributed by atoms with E-state index in [9.17, 15) is 0 Å². The van der Waals surface area contributed by atoms with E-state index in [1.165, 1.54) is 0 Å². The van der Waals surface area contributed by atoms with E-state index in [1.54, 1.807) is 4.68 Å². The molecule has 0 bridgehead atoms. The van der Waals surface area contributed by atoms with Gasteiger partial charge >= 0.3 is 0 Å². The van der Waals surface area contributed by atoms with E-state index >= 15 is 0 Å². The Morgan fingerprint density at radius 3 is 2.75 bits per heavy atom. The summed E-state index contributed by atoms with van der Waals surface area (Å²) in [5.74, 6) is 0.721. The predicted molar refractivity (Wildman–Crippen MR) is 43.7 cm³/mol. The molecule has 1 aliphatic rings. The summed E-state index contributed by atoms with van der Waals surface area (Å²) in [6, 6.07) is 0. The summed E-state index contributed by atoms with van der Waals surface area (Å²) in [7, 11) is 1.82. The first-order chi connectivity index (χ1) is 5.70. The molecule has 2 rings (SSSR count). The van der Waals surface area contributed by atoms with Gasteiger partial charge in [-0.1, -0.05) is 5.10 Å². The van der Waals surface area contributed by atoms with Crippen molar-refractivity contribution in [3.63, 3.8) is 0 Å². The summed E-state index contributed by atoms with van der Waals surface area (Å²) in [6.07, 6.45) is 0. The van der Waals surface area contributed by atoms with Crippen LogP contribution >= 0.6 is 0 Å². The van der Waals surface area contributed by atoms with Gasteiger partial charge in [-0.15, -0.1) is 0 Å². The number of hydrogen-bond acceptors (Lipinski definition) is 5. The first-order valence-electron chi connectivity index (χ1n) is 3.91. The Morgan fingerprint density at radius 1 is 1.58 bits per heavy atom. The smallest absolute Gasteiger partial charge is 0.243 e. The molecular weight excluding hydrogens is 156 g/mol. The molecule has 0 unspecified atom stereocenters. The maximum Gasteiger partial charge on any atom is 0.243 e. The standard InChI is InChI=1S/C6H12N6/c1-6(3-7-4-6)8-5-9-10-11-12(5)2/h7H,3-4H2,1-2H3,(H,8,9,11). The Morgan fingerprint density at radius 2 is 2.33 bits per heavy atom. The van der Waals surface area contributed by atoms with Crippen LogP contribution in [0.15, 0.2) is 0 Å². The van der Waals surface area contributed by atoms with Gasteiger partial charge in [0.05, 0.1) is 5.54 Å². The van der Waals surface area contributed by atoms with Crippen molar-refractivity contribution in [2.45, 2.75) is 12.5 Å². The number of anilines is 1. The SMILES string of the molecule is Cn1nnnc1NC1(C)CNC1. The van der Waals surface area contributed by atoms with Crippen molar-refractivity contribution in [2.24, 2.45) is 7.05 Å². The topological polar surface area (TPSA) is 67.7 Å². The zero-order chi connectivity index (χ0) is 8.60. The van der Waals surface area contributed by atoms with Crippen LogP contribution in [0.1, 0.15) is 6.92 Å². The minimum atomic E-state index is 0.114. The van der Waals surface area contributed by atoms with Crippen molar-refractivity contribution in [2.75, 3.05) is 18.4 Å². The van der Waals surface area contributed by atoms with Crippen LogP contribution in [0.4, 0.5) is 5.95 Å². The van der Waals surface area contributed by atoms with Crippen LogP contribution in [0, 0.1) is 0 Å². The lowest BCUT2D eigenvalue weighted by atomic mass is 9.96. The van der Waals surface area contributed by atoms with Crippen LogP contribution in [0.3, 0.4) is 0 Å². The Balaban J connectivity index is 2.08. The van der Waals surface area contributed by atoms with Gasteiger partial charge in [0.25, 0.3) is 0 Å². The molecule has 0 saturated carbocycles. The van der Waals surface area contributed by atoms with Gasteiger partial charge in [0.1, 0.15) is 0 Å². The van der Waals surface area contributed by atoms with Crippen molar-refractivity contribution in [3.05, 3.63) is 0 Å². The third-order valence-corrected chi connectivity index (χ3v) is 2.06. The summed E-state index contributed by atoms with van der Waals surface area (Å²) in [6.45, 7) is 4.05. The summed E-state index contributed by atoms with van der Waals surface area (Å²) in [5.41, 5.74) is 0.114. The van der Waals surface area contributed by atoms with Crippen LogP contribution in [-0.2, 0) is 7.05 Å². The van der Waals surface area contributed by atoms with E-state index in [0.29, 0.717) is 0 Å². The summed E-state index contributed by atoms with van der Waals surface area (Å²) < 4.78 is 1.63. The quantitative estimate of drug-likeness (QED) is 0.592. The Bertz CT molecular complexity index is 275.